The van der Waals surface area contributed by atoms with Crippen molar-refractivity contribution < 1.29 is 9.47 Å². The Hall–Kier alpha value is -1.69. The molecule has 0 saturated carbocycles. The average molecular weight is 326 g/mol. The molecule has 0 fully saturated rings. The smallest absolute Gasteiger partial charge is 0.162 e. The van der Waals surface area contributed by atoms with Crippen LogP contribution in [-0.2, 0) is 0 Å². The zero-order valence-corrected chi connectivity index (χ0v) is 12.6. The van der Waals surface area contributed by atoms with Crippen molar-refractivity contribution in [2.45, 2.75) is 20.0 Å². The number of nitrogens with one attached hydrogen (secondary N) is 1. The molecule has 0 atom stereocenters. The Balaban J connectivity index is 2.49. The number of anilines is 1. The summed E-state index contributed by atoms with van der Waals surface area (Å²) in [6, 6.07) is 5.53. The number of nitrogen functional groups attached to an aromatic ring is 1. The molecule has 1 aromatic carbocycles. The quantitative estimate of drug-likeness (QED) is 0.905. The third kappa shape index (κ3) is 3.01. The first-order chi connectivity index (χ1) is 9.01. The number of benzene rings is 1. The summed E-state index contributed by atoms with van der Waals surface area (Å²) in [6.45, 7) is 3.94. The fraction of sp³-hybridized carbons (Fsp3) is 0.308. The van der Waals surface area contributed by atoms with Gasteiger partial charge in [0.25, 0.3) is 0 Å². The fourth-order valence-corrected chi connectivity index (χ4v) is 2.26. The minimum Gasteiger partial charge on any atom is -0.493 e. The highest BCUT2D eigenvalue weighted by atomic mass is 79.9. The van der Waals surface area contributed by atoms with Crippen molar-refractivity contribution in [2.75, 3.05) is 12.8 Å². The van der Waals surface area contributed by atoms with Gasteiger partial charge in [0.1, 0.15) is 5.82 Å². The Morgan fingerprint density at radius 3 is 2.53 bits per heavy atom. The van der Waals surface area contributed by atoms with E-state index in [0.29, 0.717) is 17.3 Å². The molecule has 3 N–H and O–H groups in total. The summed E-state index contributed by atoms with van der Waals surface area (Å²) in [5.41, 5.74) is 7.36. The minimum absolute atomic E-state index is 0.0646. The molecule has 1 aromatic heterocycles. The Morgan fingerprint density at radius 2 is 2.00 bits per heavy atom. The molecule has 0 amide bonds. The lowest BCUT2D eigenvalue weighted by atomic mass is 10.1. The standard InChI is InChI=1S/C13H16BrN3O2/c1-7(2)19-12-4-8(9(14)5-11(12)18-3)10-6-13(15)17-16-10/h4-7H,1-3H3,(H3,15,16,17). The monoisotopic (exact) mass is 325 g/mol. The average Bonchev–Trinajstić information content (AvgIpc) is 2.77. The van der Waals surface area contributed by atoms with Gasteiger partial charge < -0.3 is 15.2 Å². The van der Waals surface area contributed by atoms with Gasteiger partial charge in [0.2, 0.25) is 0 Å². The van der Waals surface area contributed by atoms with E-state index in [2.05, 4.69) is 26.1 Å². The maximum Gasteiger partial charge on any atom is 0.162 e. The largest absolute Gasteiger partial charge is 0.493 e. The van der Waals surface area contributed by atoms with Gasteiger partial charge in [-0.1, -0.05) is 0 Å². The number of ether oxygens (including phenoxy) is 2. The van der Waals surface area contributed by atoms with E-state index in [1.807, 2.05) is 26.0 Å². The van der Waals surface area contributed by atoms with Crippen LogP contribution in [0.25, 0.3) is 11.3 Å². The van der Waals surface area contributed by atoms with Crippen LogP contribution in [0.2, 0.25) is 0 Å². The number of methoxy groups -OCH3 is 1. The van der Waals surface area contributed by atoms with Crippen LogP contribution in [0.3, 0.4) is 0 Å². The molecular weight excluding hydrogens is 310 g/mol. The predicted molar refractivity (Wildman–Crippen MR) is 78.5 cm³/mol. The van der Waals surface area contributed by atoms with E-state index >= 15 is 0 Å². The number of aromatic amines is 1. The lowest BCUT2D eigenvalue weighted by Crippen LogP contribution is -2.07. The number of aromatic nitrogens is 2. The molecule has 5 nitrogen and oxygen atoms in total. The van der Waals surface area contributed by atoms with E-state index in [0.717, 1.165) is 15.7 Å². The molecule has 0 radical (unpaired) electrons. The number of H-pyrrole nitrogens is 1. The highest BCUT2D eigenvalue weighted by Gasteiger charge is 2.14. The summed E-state index contributed by atoms with van der Waals surface area (Å²) in [6.07, 6.45) is 0.0646. The zero-order chi connectivity index (χ0) is 14.0. The third-order valence-electron chi connectivity index (χ3n) is 2.50. The molecule has 0 aliphatic carbocycles. The SMILES string of the molecule is COc1cc(Br)c(-c2cc(N)n[nH]2)cc1OC(C)C. The van der Waals surface area contributed by atoms with Crippen LogP contribution in [0.15, 0.2) is 22.7 Å². The Morgan fingerprint density at radius 1 is 1.26 bits per heavy atom. The topological polar surface area (TPSA) is 73.2 Å². The minimum atomic E-state index is 0.0646. The highest BCUT2D eigenvalue weighted by Crippen LogP contribution is 2.38. The first-order valence-corrected chi connectivity index (χ1v) is 6.66. The van der Waals surface area contributed by atoms with Crippen LogP contribution in [0.4, 0.5) is 5.82 Å². The molecule has 1 heterocycles. The van der Waals surface area contributed by atoms with E-state index in [9.17, 15) is 0 Å². The molecule has 0 unspecified atom stereocenters. The lowest BCUT2D eigenvalue weighted by molar-refractivity contribution is 0.230. The zero-order valence-electron chi connectivity index (χ0n) is 11.0. The Labute approximate surface area is 120 Å². The van der Waals surface area contributed by atoms with E-state index in [-0.39, 0.29) is 6.10 Å². The molecule has 19 heavy (non-hydrogen) atoms. The fourth-order valence-electron chi connectivity index (χ4n) is 1.72. The van der Waals surface area contributed by atoms with Gasteiger partial charge in [0.15, 0.2) is 11.5 Å². The summed E-state index contributed by atoms with van der Waals surface area (Å²) in [4.78, 5) is 0. The molecule has 0 aliphatic heterocycles. The van der Waals surface area contributed by atoms with Crippen molar-refractivity contribution >= 4 is 21.7 Å². The van der Waals surface area contributed by atoms with E-state index in [4.69, 9.17) is 15.2 Å². The summed E-state index contributed by atoms with van der Waals surface area (Å²) in [5.74, 6) is 1.81. The summed E-state index contributed by atoms with van der Waals surface area (Å²) in [7, 11) is 1.61. The maximum atomic E-state index is 5.75. The van der Waals surface area contributed by atoms with Crippen LogP contribution in [0.5, 0.6) is 11.5 Å². The second-order valence-corrected chi connectivity index (χ2v) is 5.21. The van der Waals surface area contributed by atoms with Gasteiger partial charge in [-0.3, -0.25) is 5.10 Å². The first kappa shape index (κ1) is 13.7. The molecule has 6 heteroatoms. The van der Waals surface area contributed by atoms with Crippen molar-refractivity contribution in [2.24, 2.45) is 0 Å². The van der Waals surface area contributed by atoms with Crippen LogP contribution >= 0.6 is 15.9 Å². The maximum absolute atomic E-state index is 5.75. The van der Waals surface area contributed by atoms with Gasteiger partial charge in [-0.25, -0.2) is 0 Å². The predicted octanol–water partition coefficient (Wildman–Crippen LogP) is 3.22. The molecule has 0 spiro atoms. The van der Waals surface area contributed by atoms with Crippen LogP contribution in [0.1, 0.15) is 13.8 Å². The van der Waals surface area contributed by atoms with Crippen molar-refractivity contribution in [3.63, 3.8) is 0 Å². The highest BCUT2D eigenvalue weighted by molar-refractivity contribution is 9.10. The Kier molecular flexibility index (Phi) is 3.99. The van der Waals surface area contributed by atoms with Crippen LogP contribution in [0, 0.1) is 0 Å². The van der Waals surface area contributed by atoms with Crippen LogP contribution in [-0.4, -0.2) is 23.4 Å². The van der Waals surface area contributed by atoms with Gasteiger partial charge >= 0.3 is 0 Å². The van der Waals surface area contributed by atoms with Crippen molar-refractivity contribution in [1.82, 2.24) is 10.2 Å². The van der Waals surface area contributed by atoms with Gasteiger partial charge in [-0.2, -0.15) is 5.10 Å². The second-order valence-electron chi connectivity index (χ2n) is 4.36. The number of nitrogens with two attached hydrogens (primary N) is 1. The van der Waals surface area contributed by atoms with Gasteiger partial charge in [0.05, 0.1) is 18.9 Å². The summed E-state index contributed by atoms with van der Waals surface area (Å²) < 4.78 is 11.9. The van der Waals surface area contributed by atoms with Crippen LogP contribution < -0.4 is 15.2 Å². The lowest BCUT2D eigenvalue weighted by Gasteiger charge is -2.15. The summed E-state index contributed by atoms with van der Waals surface area (Å²) in [5, 5.41) is 6.81. The molecule has 0 bridgehead atoms. The molecule has 0 aliphatic rings. The first-order valence-electron chi connectivity index (χ1n) is 5.86. The molecule has 102 valence electrons. The van der Waals surface area contributed by atoms with Crippen molar-refractivity contribution in [3.8, 4) is 22.8 Å². The number of nitrogens with zero attached hydrogens (tertiary/aromatic N) is 1. The molecule has 2 aromatic rings. The molecule has 2 rings (SSSR count). The Bertz CT molecular complexity index is 581. The number of rotatable bonds is 4. The normalized spacial score (nSPS) is 10.8. The summed E-state index contributed by atoms with van der Waals surface area (Å²) >= 11 is 3.51. The van der Waals surface area contributed by atoms with Crippen molar-refractivity contribution in [1.29, 1.82) is 0 Å². The number of hydrogen-bond donors (Lipinski definition) is 2. The van der Waals surface area contributed by atoms with E-state index in [1.54, 1.807) is 13.2 Å². The second kappa shape index (κ2) is 5.52. The number of halogens is 1. The number of hydrogen-bond acceptors (Lipinski definition) is 4. The molecular formula is C13H16BrN3O2. The van der Waals surface area contributed by atoms with Gasteiger partial charge in [-0.05, 0) is 41.9 Å². The van der Waals surface area contributed by atoms with Gasteiger partial charge in [0, 0.05) is 16.1 Å². The van der Waals surface area contributed by atoms with E-state index < -0.39 is 0 Å². The van der Waals surface area contributed by atoms with E-state index in [1.165, 1.54) is 0 Å². The van der Waals surface area contributed by atoms with Crippen molar-refractivity contribution in [3.05, 3.63) is 22.7 Å². The third-order valence-corrected chi connectivity index (χ3v) is 3.16. The van der Waals surface area contributed by atoms with Gasteiger partial charge in [-0.15, -0.1) is 0 Å². The molecule has 0 saturated heterocycles.